The molecule has 1 aliphatic carbocycles. The first-order valence-corrected chi connectivity index (χ1v) is 7.41. The average molecular weight is 293 g/mol. The number of rotatable bonds is 4. The number of aromatic nitrogens is 2. The second-order valence-electron chi connectivity index (χ2n) is 5.53. The molecule has 0 aromatic carbocycles. The molecule has 21 heavy (non-hydrogen) atoms. The number of anilines is 1. The Morgan fingerprint density at radius 2 is 1.95 bits per heavy atom. The first-order chi connectivity index (χ1) is 9.97. The van der Waals surface area contributed by atoms with E-state index in [1.54, 1.807) is 14.0 Å². The summed E-state index contributed by atoms with van der Waals surface area (Å²) in [6.45, 7) is 1.74. The van der Waals surface area contributed by atoms with Gasteiger partial charge in [0.2, 0.25) is 5.91 Å². The smallest absolute Gasteiger partial charge is 0.269 e. The molecule has 7 heteroatoms. The van der Waals surface area contributed by atoms with Gasteiger partial charge in [-0.1, -0.05) is 26.2 Å². The van der Waals surface area contributed by atoms with Crippen LogP contribution in [0.25, 0.3) is 0 Å². The third-order valence-corrected chi connectivity index (χ3v) is 4.10. The molecule has 2 rings (SSSR count). The summed E-state index contributed by atoms with van der Waals surface area (Å²) in [5.41, 5.74) is 6.42. The zero-order valence-corrected chi connectivity index (χ0v) is 12.6. The highest BCUT2D eigenvalue weighted by molar-refractivity contribution is 5.97. The quantitative estimate of drug-likeness (QED) is 0.493. The van der Waals surface area contributed by atoms with Crippen LogP contribution in [0.15, 0.2) is 0 Å². The molecule has 1 aromatic rings. The molecule has 0 unspecified atom stereocenters. The van der Waals surface area contributed by atoms with Crippen molar-refractivity contribution in [2.45, 2.75) is 51.4 Å². The van der Waals surface area contributed by atoms with Crippen molar-refractivity contribution < 1.29 is 9.59 Å². The fraction of sp³-hybridized carbons (Fsp3) is 0.643. The van der Waals surface area contributed by atoms with Gasteiger partial charge < -0.3 is 5.73 Å². The molecule has 2 amide bonds. The van der Waals surface area contributed by atoms with Gasteiger partial charge in [-0.3, -0.25) is 14.3 Å². The summed E-state index contributed by atoms with van der Waals surface area (Å²) in [6.07, 6.45) is 5.61. The molecule has 0 saturated heterocycles. The van der Waals surface area contributed by atoms with E-state index in [1.807, 2.05) is 0 Å². The fourth-order valence-corrected chi connectivity index (χ4v) is 3.05. The summed E-state index contributed by atoms with van der Waals surface area (Å²) in [5.74, 6) is 5.82. The Kier molecular flexibility index (Phi) is 4.62. The largest absolute Gasteiger partial charge is 0.364 e. The van der Waals surface area contributed by atoms with Crippen molar-refractivity contribution in [3.63, 3.8) is 0 Å². The highest BCUT2D eigenvalue weighted by Gasteiger charge is 2.31. The van der Waals surface area contributed by atoms with E-state index in [4.69, 9.17) is 11.6 Å². The maximum Gasteiger partial charge on any atom is 0.269 e. The van der Waals surface area contributed by atoms with E-state index in [-0.39, 0.29) is 23.9 Å². The van der Waals surface area contributed by atoms with Crippen LogP contribution in [-0.4, -0.2) is 21.6 Å². The molecule has 0 radical (unpaired) electrons. The van der Waals surface area contributed by atoms with E-state index in [0.29, 0.717) is 5.82 Å². The van der Waals surface area contributed by atoms with Crippen molar-refractivity contribution in [1.29, 1.82) is 0 Å². The Morgan fingerprint density at radius 1 is 1.33 bits per heavy atom. The van der Waals surface area contributed by atoms with Crippen molar-refractivity contribution in [2.24, 2.45) is 18.6 Å². The summed E-state index contributed by atoms with van der Waals surface area (Å²) >= 11 is 0. The normalized spacial score (nSPS) is 16.0. The van der Waals surface area contributed by atoms with Gasteiger partial charge in [0.25, 0.3) is 5.91 Å². The summed E-state index contributed by atoms with van der Waals surface area (Å²) in [6, 6.07) is 0. The lowest BCUT2D eigenvalue weighted by atomic mass is 9.83. The van der Waals surface area contributed by atoms with Crippen molar-refractivity contribution >= 4 is 17.6 Å². The third-order valence-electron chi connectivity index (χ3n) is 4.10. The number of aryl methyl sites for hydroxylation is 1. The predicted molar refractivity (Wildman–Crippen MR) is 79.5 cm³/mol. The van der Waals surface area contributed by atoms with E-state index < -0.39 is 5.91 Å². The van der Waals surface area contributed by atoms with Crippen molar-refractivity contribution in [3.05, 3.63) is 11.3 Å². The third kappa shape index (κ3) is 2.92. The van der Waals surface area contributed by atoms with Crippen molar-refractivity contribution in [2.75, 3.05) is 5.01 Å². The number of hydrogen-bond acceptors (Lipinski definition) is 4. The molecule has 0 aliphatic heterocycles. The van der Waals surface area contributed by atoms with Crippen molar-refractivity contribution in [1.82, 2.24) is 9.78 Å². The molecule has 0 atom stereocenters. The Bertz CT molecular complexity index is 546. The Labute approximate surface area is 124 Å². The van der Waals surface area contributed by atoms with E-state index in [2.05, 4.69) is 5.10 Å². The van der Waals surface area contributed by atoms with Crippen molar-refractivity contribution in [3.8, 4) is 0 Å². The predicted octanol–water partition coefficient (Wildman–Crippen LogP) is 1.18. The molecule has 1 aromatic heterocycles. The van der Waals surface area contributed by atoms with E-state index in [9.17, 15) is 9.59 Å². The molecule has 0 spiro atoms. The maximum atomic E-state index is 11.9. The van der Waals surface area contributed by atoms with Crippen LogP contribution in [0.3, 0.4) is 0 Å². The fourth-order valence-electron chi connectivity index (χ4n) is 3.05. The van der Waals surface area contributed by atoms with Gasteiger partial charge in [-0.25, -0.2) is 10.9 Å². The molecule has 1 aliphatic rings. The summed E-state index contributed by atoms with van der Waals surface area (Å²) in [4.78, 5) is 23.6. The molecule has 1 heterocycles. The van der Waals surface area contributed by atoms with Gasteiger partial charge in [-0.05, 0) is 18.8 Å². The van der Waals surface area contributed by atoms with Gasteiger partial charge in [0.15, 0.2) is 11.5 Å². The van der Waals surface area contributed by atoms with Gasteiger partial charge in [0.05, 0.1) is 0 Å². The van der Waals surface area contributed by atoms with E-state index in [0.717, 1.165) is 36.3 Å². The van der Waals surface area contributed by atoms with Gasteiger partial charge in [0, 0.05) is 19.0 Å². The first kappa shape index (κ1) is 15.5. The number of amides is 2. The molecular weight excluding hydrogens is 270 g/mol. The van der Waals surface area contributed by atoms with Gasteiger partial charge in [-0.2, -0.15) is 5.10 Å². The zero-order chi connectivity index (χ0) is 15.6. The highest BCUT2D eigenvalue weighted by Crippen LogP contribution is 2.39. The van der Waals surface area contributed by atoms with Crippen LogP contribution in [0.2, 0.25) is 0 Å². The van der Waals surface area contributed by atoms with Crippen LogP contribution in [0.1, 0.15) is 67.4 Å². The van der Waals surface area contributed by atoms with E-state index >= 15 is 0 Å². The minimum absolute atomic E-state index is 0.181. The average Bonchev–Trinajstić information content (AvgIpc) is 2.84. The molecule has 1 saturated carbocycles. The van der Waals surface area contributed by atoms with Gasteiger partial charge in [0.1, 0.15) is 0 Å². The molecule has 4 N–H and O–H groups in total. The summed E-state index contributed by atoms with van der Waals surface area (Å²) in [7, 11) is 1.68. The minimum atomic E-state index is -0.574. The lowest BCUT2D eigenvalue weighted by Crippen LogP contribution is -2.39. The molecule has 0 bridgehead atoms. The first-order valence-electron chi connectivity index (χ1n) is 7.41. The van der Waals surface area contributed by atoms with Crippen LogP contribution in [0.4, 0.5) is 5.82 Å². The lowest BCUT2D eigenvalue weighted by Gasteiger charge is -2.25. The molecular formula is C14H23N5O2. The van der Waals surface area contributed by atoms with E-state index in [1.165, 1.54) is 11.1 Å². The summed E-state index contributed by atoms with van der Waals surface area (Å²) < 4.78 is 1.48. The number of carbonyl (C=O) groups excluding carboxylic acids is 2. The topological polar surface area (TPSA) is 107 Å². The number of primary amides is 1. The SMILES string of the molecule is CCC(=O)N(N)c1c(C2CCCCC2)c(C(N)=O)nn1C. The Morgan fingerprint density at radius 3 is 2.48 bits per heavy atom. The molecule has 116 valence electrons. The number of hydrogen-bond donors (Lipinski definition) is 2. The Balaban J connectivity index is 2.52. The van der Waals surface area contributed by atoms with Gasteiger partial charge in [-0.15, -0.1) is 0 Å². The van der Waals surface area contributed by atoms with Crippen LogP contribution >= 0.6 is 0 Å². The standard InChI is InChI=1S/C14H23N5O2/c1-3-10(20)19(16)14-11(9-7-5-4-6-8-9)12(13(15)21)17-18(14)2/h9H,3-8,16H2,1-2H3,(H2,15,21). The van der Waals surface area contributed by atoms with Crippen LogP contribution in [0.5, 0.6) is 0 Å². The second kappa shape index (κ2) is 6.26. The van der Waals surface area contributed by atoms with Gasteiger partial charge >= 0.3 is 0 Å². The number of carbonyl (C=O) groups is 2. The molecule has 7 nitrogen and oxygen atoms in total. The molecule has 1 fully saturated rings. The number of nitrogens with zero attached hydrogens (tertiary/aromatic N) is 3. The zero-order valence-electron chi connectivity index (χ0n) is 12.6. The van der Waals surface area contributed by atoms with Crippen LogP contribution < -0.4 is 16.6 Å². The minimum Gasteiger partial charge on any atom is -0.364 e. The highest BCUT2D eigenvalue weighted by atomic mass is 16.2. The maximum absolute atomic E-state index is 11.9. The second-order valence-corrected chi connectivity index (χ2v) is 5.53. The van der Waals surface area contributed by atoms with Crippen LogP contribution in [-0.2, 0) is 11.8 Å². The summed E-state index contributed by atoms with van der Waals surface area (Å²) in [5, 5.41) is 5.29. The Hall–Kier alpha value is -1.89. The monoisotopic (exact) mass is 293 g/mol. The number of nitrogens with two attached hydrogens (primary N) is 2. The number of hydrazine groups is 1. The van der Waals surface area contributed by atoms with Crippen LogP contribution in [0, 0.1) is 0 Å². The lowest BCUT2D eigenvalue weighted by molar-refractivity contribution is -0.118.